The van der Waals surface area contributed by atoms with Crippen LogP contribution in [-0.2, 0) is 26.5 Å². The van der Waals surface area contributed by atoms with Crippen molar-refractivity contribution in [1.29, 1.82) is 0 Å². The molecule has 0 aliphatic carbocycles. The Morgan fingerprint density at radius 2 is 1.72 bits per heavy atom. The van der Waals surface area contributed by atoms with Gasteiger partial charge in [-0.1, -0.05) is 6.07 Å². The second kappa shape index (κ2) is 8.62. The highest BCUT2D eigenvalue weighted by Gasteiger charge is 2.31. The Hall–Kier alpha value is -2.80. The lowest BCUT2D eigenvalue weighted by molar-refractivity contribution is -0.123. The van der Waals surface area contributed by atoms with Crippen molar-refractivity contribution < 1.29 is 34.8 Å². The van der Waals surface area contributed by atoms with E-state index in [9.17, 15) is 34.8 Å². The average molecular weight is 492 g/mol. The number of alkyl halides is 3. The lowest BCUT2D eigenvalue weighted by Crippen LogP contribution is -2.36. The van der Waals surface area contributed by atoms with Gasteiger partial charge in [0.15, 0.2) is 0 Å². The third kappa shape index (κ3) is 5.51. The number of hydrogen-bond donors (Lipinski definition) is 2. The highest BCUT2D eigenvalue weighted by molar-refractivity contribution is 7.93. The molecule has 13 heteroatoms. The van der Waals surface area contributed by atoms with Gasteiger partial charge in [-0.25, -0.2) is 16.8 Å². The summed E-state index contributed by atoms with van der Waals surface area (Å²) in [5.41, 5.74) is 1.04. The first-order valence-corrected chi connectivity index (χ1v) is 12.7. The number of nitrogens with zero attached hydrogens (tertiary/aromatic N) is 1. The molecule has 1 heterocycles. The largest absolute Gasteiger partial charge is 0.405 e. The normalized spacial score (nSPS) is 14.6. The van der Waals surface area contributed by atoms with Gasteiger partial charge in [-0.2, -0.15) is 13.2 Å². The van der Waals surface area contributed by atoms with Crippen LogP contribution in [0.5, 0.6) is 0 Å². The Labute approximate surface area is 183 Å². The van der Waals surface area contributed by atoms with Gasteiger partial charge in [-0.15, -0.1) is 0 Å². The molecule has 2 N–H and O–H groups in total. The van der Waals surface area contributed by atoms with Crippen molar-refractivity contribution in [3.63, 3.8) is 0 Å². The Morgan fingerprint density at radius 3 is 2.31 bits per heavy atom. The third-order valence-electron chi connectivity index (χ3n) is 4.66. The molecule has 0 atom stereocenters. The summed E-state index contributed by atoms with van der Waals surface area (Å²) in [5.74, 6) is -0.980. The molecule has 0 spiro atoms. The molecule has 174 valence electrons. The SMILES string of the molecule is CS(=O)(=O)Nc1cccc2c1CCCN2S(=O)(=O)c1ccc(C(=O)NCC(F)(F)F)cc1. The predicted octanol–water partition coefficient (Wildman–Crippen LogP) is 2.49. The Morgan fingerprint density at radius 1 is 1.06 bits per heavy atom. The number of sulfonamides is 2. The first-order chi connectivity index (χ1) is 14.8. The Balaban J connectivity index is 1.88. The lowest BCUT2D eigenvalue weighted by atomic mass is 10.0. The minimum atomic E-state index is -4.56. The number of benzene rings is 2. The van der Waals surface area contributed by atoms with Gasteiger partial charge in [0.1, 0.15) is 6.54 Å². The topological polar surface area (TPSA) is 113 Å². The van der Waals surface area contributed by atoms with Crippen LogP contribution in [-0.4, -0.2) is 48.3 Å². The molecule has 3 rings (SSSR count). The fourth-order valence-corrected chi connectivity index (χ4v) is 5.45. The highest BCUT2D eigenvalue weighted by atomic mass is 32.2. The lowest BCUT2D eigenvalue weighted by Gasteiger charge is -2.31. The zero-order chi connectivity index (χ0) is 23.7. The summed E-state index contributed by atoms with van der Waals surface area (Å²) in [5, 5.41) is 1.72. The van der Waals surface area contributed by atoms with Crippen LogP contribution in [0.2, 0.25) is 0 Å². The molecule has 0 fully saturated rings. The standard InChI is InChI=1S/C19H20F3N3O5S2/c1-31(27,28)24-16-5-2-6-17-15(16)4-3-11-25(17)32(29,30)14-9-7-13(8-10-14)18(26)23-12-19(20,21)22/h2,5-10,24H,3-4,11-12H2,1H3,(H,23,26). The minimum Gasteiger partial charge on any atom is -0.343 e. The van der Waals surface area contributed by atoms with Crippen LogP contribution in [0.15, 0.2) is 47.4 Å². The molecule has 0 aromatic heterocycles. The zero-order valence-electron chi connectivity index (χ0n) is 16.8. The molecule has 32 heavy (non-hydrogen) atoms. The number of halogens is 3. The number of anilines is 2. The van der Waals surface area contributed by atoms with Crippen LogP contribution >= 0.6 is 0 Å². The number of hydrogen-bond acceptors (Lipinski definition) is 5. The van der Waals surface area contributed by atoms with E-state index in [-0.39, 0.29) is 17.0 Å². The van der Waals surface area contributed by atoms with Crippen LogP contribution < -0.4 is 14.3 Å². The molecule has 0 saturated carbocycles. The van der Waals surface area contributed by atoms with Crippen LogP contribution in [0.3, 0.4) is 0 Å². The number of carbonyl (C=O) groups excluding carboxylic acids is 1. The maximum absolute atomic E-state index is 13.2. The van der Waals surface area contributed by atoms with Gasteiger partial charge in [0.05, 0.1) is 22.5 Å². The summed E-state index contributed by atoms with van der Waals surface area (Å²) in [4.78, 5) is 11.7. The molecular formula is C19H20F3N3O5S2. The van der Waals surface area contributed by atoms with E-state index in [1.165, 1.54) is 6.07 Å². The number of fused-ring (bicyclic) bond motifs is 1. The van der Waals surface area contributed by atoms with Gasteiger partial charge in [0.25, 0.3) is 15.9 Å². The second-order valence-electron chi connectivity index (χ2n) is 7.18. The van der Waals surface area contributed by atoms with E-state index in [2.05, 4.69) is 4.72 Å². The van der Waals surface area contributed by atoms with Gasteiger partial charge >= 0.3 is 6.18 Å². The molecular weight excluding hydrogens is 471 g/mol. The van der Waals surface area contributed by atoms with E-state index in [0.717, 1.165) is 34.8 Å². The van der Waals surface area contributed by atoms with Gasteiger partial charge in [0.2, 0.25) is 10.0 Å². The van der Waals surface area contributed by atoms with Crippen molar-refractivity contribution in [2.45, 2.75) is 23.9 Å². The summed E-state index contributed by atoms with van der Waals surface area (Å²) in [6, 6.07) is 9.20. The fourth-order valence-electron chi connectivity index (χ4n) is 3.32. The van der Waals surface area contributed by atoms with E-state index < -0.39 is 38.7 Å². The maximum atomic E-state index is 13.2. The summed E-state index contributed by atoms with van der Waals surface area (Å²) in [6.45, 7) is -1.34. The molecule has 8 nitrogen and oxygen atoms in total. The third-order valence-corrected chi connectivity index (χ3v) is 7.08. The minimum absolute atomic E-state index is 0.119. The van der Waals surface area contributed by atoms with Crippen LogP contribution in [0.1, 0.15) is 22.3 Å². The van der Waals surface area contributed by atoms with E-state index in [4.69, 9.17) is 0 Å². The molecule has 0 radical (unpaired) electrons. The fraction of sp³-hybridized carbons (Fsp3) is 0.316. The van der Waals surface area contributed by atoms with Crippen LogP contribution in [0, 0.1) is 0 Å². The molecule has 2 aromatic rings. The van der Waals surface area contributed by atoms with Crippen LogP contribution in [0.25, 0.3) is 0 Å². The number of rotatable bonds is 6. The van der Waals surface area contributed by atoms with Crippen molar-refractivity contribution in [2.24, 2.45) is 0 Å². The van der Waals surface area contributed by atoms with Gasteiger partial charge in [-0.3, -0.25) is 13.8 Å². The maximum Gasteiger partial charge on any atom is 0.405 e. The molecule has 0 saturated heterocycles. The molecule has 2 aromatic carbocycles. The highest BCUT2D eigenvalue weighted by Crippen LogP contribution is 2.36. The smallest absolute Gasteiger partial charge is 0.343 e. The monoisotopic (exact) mass is 491 g/mol. The van der Waals surface area contributed by atoms with Gasteiger partial charge in [0, 0.05) is 17.7 Å². The molecule has 1 amide bonds. The van der Waals surface area contributed by atoms with E-state index in [0.29, 0.717) is 29.8 Å². The molecule has 1 aliphatic heterocycles. The second-order valence-corrected chi connectivity index (χ2v) is 10.8. The van der Waals surface area contributed by atoms with Crippen molar-refractivity contribution in [3.05, 3.63) is 53.6 Å². The average Bonchev–Trinajstić information content (AvgIpc) is 2.70. The van der Waals surface area contributed by atoms with Crippen molar-refractivity contribution in [2.75, 3.05) is 28.4 Å². The van der Waals surface area contributed by atoms with E-state index >= 15 is 0 Å². The quantitative estimate of drug-likeness (QED) is 0.645. The van der Waals surface area contributed by atoms with Crippen molar-refractivity contribution in [1.82, 2.24) is 5.32 Å². The molecule has 0 bridgehead atoms. The number of amides is 1. The number of nitrogens with one attached hydrogen (secondary N) is 2. The number of carbonyl (C=O) groups is 1. The summed E-state index contributed by atoms with van der Waals surface area (Å²) in [7, 11) is -7.64. The molecule has 1 aliphatic rings. The Kier molecular flexibility index (Phi) is 6.43. The van der Waals surface area contributed by atoms with Gasteiger partial charge < -0.3 is 5.32 Å². The zero-order valence-corrected chi connectivity index (χ0v) is 18.4. The summed E-state index contributed by atoms with van der Waals surface area (Å²) >= 11 is 0. The predicted molar refractivity (Wildman–Crippen MR) is 113 cm³/mol. The Bertz CT molecular complexity index is 1230. The van der Waals surface area contributed by atoms with Crippen molar-refractivity contribution >= 4 is 37.3 Å². The summed E-state index contributed by atoms with van der Waals surface area (Å²) < 4.78 is 90.0. The van der Waals surface area contributed by atoms with Gasteiger partial charge in [-0.05, 0) is 49.2 Å². The van der Waals surface area contributed by atoms with E-state index in [1.807, 2.05) is 0 Å². The van der Waals surface area contributed by atoms with Crippen molar-refractivity contribution in [3.8, 4) is 0 Å². The first kappa shape index (κ1) is 23.9. The van der Waals surface area contributed by atoms with E-state index in [1.54, 1.807) is 17.4 Å². The van der Waals surface area contributed by atoms with Crippen LogP contribution in [0.4, 0.5) is 24.5 Å². The first-order valence-electron chi connectivity index (χ1n) is 9.35. The molecule has 0 unspecified atom stereocenters. The summed E-state index contributed by atoms with van der Waals surface area (Å²) in [6.07, 6.45) is -2.65.